The maximum absolute atomic E-state index is 13.7. The van der Waals surface area contributed by atoms with Crippen molar-refractivity contribution in [2.45, 2.75) is 19.3 Å². The van der Waals surface area contributed by atoms with E-state index in [2.05, 4.69) is 10.6 Å². The molecule has 1 atom stereocenters. The van der Waals surface area contributed by atoms with E-state index < -0.39 is 17.6 Å². The molecule has 5 nitrogen and oxygen atoms in total. The normalized spacial score (nSPS) is 11.6. The van der Waals surface area contributed by atoms with Crippen LogP contribution in [0.4, 0.5) is 10.1 Å². The van der Waals surface area contributed by atoms with E-state index in [-0.39, 0.29) is 24.8 Å². The van der Waals surface area contributed by atoms with Gasteiger partial charge in [-0.2, -0.15) is 0 Å². The zero-order valence-electron chi connectivity index (χ0n) is 14.0. The molecule has 0 spiro atoms. The lowest BCUT2D eigenvalue weighted by Crippen LogP contribution is -2.38. The molecule has 6 heteroatoms. The molecule has 0 aliphatic heterocycles. The SMILES string of the molecule is Cc1ccc(F)c(NC(=O)C(=O)NCC(CCO)c2ccccc2)c1. The molecule has 3 N–H and O–H groups in total. The first-order valence-corrected chi connectivity index (χ1v) is 8.02. The number of halogens is 1. The average Bonchev–Trinajstić information content (AvgIpc) is 2.62. The number of hydrogen-bond donors (Lipinski definition) is 3. The average molecular weight is 344 g/mol. The van der Waals surface area contributed by atoms with E-state index in [1.54, 1.807) is 13.0 Å². The van der Waals surface area contributed by atoms with Gasteiger partial charge in [-0.15, -0.1) is 0 Å². The summed E-state index contributed by atoms with van der Waals surface area (Å²) in [5, 5.41) is 14.0. The van der Waals surface area contributed by atoms with Crippen LogP contribution in [0.1, 0.15) is 23.5 Å². The van der Waals surface area contributed by atoms with Gasteiger partial charge in [-0.1, -0.05) is 36.4 Å². The number of aryl methyl sites for hydroxylation is 1. The molecule has 0 fully saturated rings. The zero-order valence-corrected chi connectivity index (χ0v) is 14.0. The molecule has 0 radical (unpaired) electrons. The number of benzene rings is 2. The van der Waals surface area contributed by atoms with E-state index in [1.165, 1.54) is 12.1 Å². The van der Waals surface area contributed by atoms with Crippen LogP contribution < -0.4 is 10.6 Å². The minimum absolute atomic E-state index is 0.0316. The molecule has 0 bridgehead atoms. The van der Waals surface area contributed by atoms with Gasteiger partial charge in [-0.25, -0.2) is 4.39 Å². The van der Waals surface area contributed by atoms with Gasteiger partial charge in [0.15, 0.2) is 0 Å². The molecule has 25 heavy (non-hydrogen) atoms. The summed E-state index contributed by atoms with van der Waals surface area (Å²) in [6, 6.07) is 13.7. The van der Waals surface area contributed by atoms with Crippen molar-refractivity contribution in [1.82, 2.24) is 5.32 Å². The van der Waals surface area contributed by atoms with Crippen molar-refractivity contribution < 1.29 is 19.1 Å². The van der Waals surface area contributed by atoms with Gasteiger partial charge in [0.2, 0.25) is 0 Å². The van der Waals surface area contributed by atoms with Gasteiger partial charge in [0.1, 0.15) is 5.82 Å². The quantitative estimate of drug-likeness (QED) is 0.704. The Morgan fingerprint density at radius 3 is 2.52 bits per heavy atom. The number of carbonyl (C=O) groups excluding carboxylic acids is 2. The summed E-state index contributed by atoms with van der Waals surface area (Å²) in [6.45, 7) is 1.93. The van der Waals surface area contributed by atoms with E-state index in [9.17, 15) is 19.1 Å². The van der Waals surface area contributed by atoms with Crippen LogP contribution in [-0.4, -0.2) is 30.1 Å². The second-order valence-corrected chi connectivity index (χ2v) is 5.77. The fourth-order valence-corrected chi connectivity index (χ4v) is 2.48. The molecule has 132 valence electrons. The molecule has 2 amide bonds. The fourth-order valence-electron chi connectivity index (χ4n) is 2.48. The number of amides is 2. The van der Waals surface area contributed by atoms with Crippen LogP contribution in [0.25, 0.3) is 0 Å². The third-order valence-corrected chi connectivity index (χ3v) is 3.83. The summed E-state index contributed by atoms with van der Waals surface area (Å²) in [7, 11) is 0. The fraction of sp³-hybridized carbons (Fsp3) is 0.263. The van der Waals surface area contributed by atoms with Gasteiger partial charge in [0, 0.05) is 19.1 Å². The Bertz CT molecular complexity index is 735. The van der Waals surface area contributed by atoms with Gasteiger partial charge < -0.3 is 15.7 Å². The van der Waals surface area contributed by atoms with E-state index in [1.807, 2.05) is 30.3 Å². The summed E-state index contributed by atoms with van der Waals surface area (Å²) in [5.74, 6) is -2.49. The van der Waals surface area contributed by atoms with Crippen molar-refractivity contribution in [1.29, 1.82) is 0 Å². The second-order valence-electron chi connectivity index (χ2n) is 5.77. The van der Waals surface area contributed by atoms with E-state index in [0.717, 1.165) is 11.1 Å². The molecule has 0 saturated carbocycles. The van der Waals surface area contributed by atoms with Crippen molar-refractivity contribution in [2.75, 3.05) is 18.5 Å². The maximum Gasteiger partial charge on any atom is 0.313 e. The van der Waals surface area contributed by atoms with E-state index >= 15 is 0 Å². The molecule has 1 unspecified atom stereocenters. The largest absolute Gasteiger partial charge is 0.396 e. The highest BCUT2D eigenvalue weighted by Gasteiger charge is 2.18. The lowest BCUT2D eigenvalue weighted by Gasteiger charge is -2.17. The minimum atomic E-state index is -0.930. The smallest absolute Gasteiger partial charge is 0.313 e. The Kier molecular flexibility index (Phi) is 6.65. The Labute approximate surface area is 145 Å². The molecule has 2 aromatic carbocycles. The highest BCUT2D eigenvalue weighted by atomic mass is 19.1. The highest BCUT2D eigenvalue weighted by molar-refractivity contribution is 6.39. The summed E-state index contributed by atoms with van der Waals surface area (Å²) in [4.78, 5) is 23.9. The number of hydrogen-bond acceptors (Lipinski definition) is 3. The second kappa shape index (κ2) is 8.94. The molecule has 0 saturated heterocycles. The number of anilines is 1. The first-order chi connectivity index (χ1) is 12.0. The van der Waals surface area contributed by atoms with Crippen LogP contribution in [-0.2, 0) is 9.59 Å². The first kappa shape index (κ1) is 18.6. The molecular formula is C19H21FN2O3. The zero-order chi connectivity index (χ0) is 18.2. The molecular weight excluding hydrogens is 323 g/mol. The standard InChI is InChI=1S/C19H21FN2O3/c1-13-7-8-16(20)17(11-13)22-19(25)18(24)21-12-15(9-10-23)14-5-3-2-4-6-14/h2-8,11,15,23H,9-10,12H2,1H3,(H,21,24)(H,22,25). The van der Waals surface area contributed by atoms with Crippen LogP contribution in [0.3, 0.4) is 0 Å². The van der Waals surface area contributed by atoms with E-state index in [0.29, 0.717) is 6.42 Å². The number of rotatable bonds is 6. The first-order valence-electron chi connectivity index (χ1n) is 8.02. The molecule has 2 rings (SSSR count). The number of carbonyl (C=O) groups is 2. The third kappa shape index (κ3) is 5.39. The lowest BCUT2D eigenvalue weighted by atomic mass is 9.96. The molecule has 0 aromatic heterocycles. The van der Waals surface area contributed by atoms with Gasteiger partial charge in [-0.3, -0.25) is 9.59 Å². The topological polar surface area (TPSA) is 78.4 Å². The van der Waals surface area contributed by atoms with Gasteiger partial charge in [0.25, 0.3) is 0 Å². The summed E-state index contributed by atoms with van der Waals surface area (Å²) < 4.78 is 13.7. The Balaban J connectivity index is 1.96. The summed E-state index contributed by atoms with van der Waals surface area (Å²) in [6.07, 6.45) is 0.457. The minimum Gasteiger partial charge on any atom is -0.396 e. The highest BCUT2D eigenvalue weighted by Crippen LogP contribution is 2.18. The van der Waals surface area contributed by atoms with Crippen molar-refractivity contribution in [2.24, 2.45) is 0 Å². The Morgan fingerprint density at radius 2 is 1.84 bits per heavy atom. The Hall–Kier alpha value is -2.73. The monoisotopic (exact) mass is 344 g/mol. The number of aliphatic hydroxyl groups excluding tert-OH is 1. The van der Waals surface area contributed by atoms with Gasteiger partial charge in [0.05, 0.1) is 5.69 Å². The third-order valence-electron chi connectivity index (χ3n) is 3.83. The maximum atomic E-state index is 13.7. The van der Waals surface area contributed by atoms with Crippen LogP contribution in [0.5, 0.6) is 0 Å². The predicted molar refractivity (Wildman–Crippen MR) is 93.7 cm³/mol. The summed E-state index contributed by atoms with van der Waals surface area (Å²) >= 11 is 0. The van der Waals surface area contributed by atoms with Crippen molar-refractivity contribution in [3.8, 4) is 0 Å². The van der Waals surface area contributed by atoms with Crippen LogP contribution >= 0.6 is 0 Å². The van der Waals surface area contributed by atoms with Crippen LogP contribution in [0.2, 0.25) is 0 Å². The number of nitrogens with one attached hydrogen (secondary N) is 2. The molecule has 0 heterocycles. The van der Waals surface area contributed by atoms with Crippen molar-refractivity contribution in [3.63, 3.8) is 0 Å². The van der Waals surface area contributed by atoms with E-state index in [4.69, 9.17) is 0 Å². The lowest BCUT2D eigenvalue weighted by molar-refractivity contribution is -0.136. The predicted octanol–water partition coefficient (Wildman–Crippen LogP) is 2.36. The van der Waals surface area contributed by atoms with Crippen molar-refractivity contribution in [3.05, 3.63) is 65.5 Å². The van der Waals surface area contributed by atoms with Crippen molar-refractivity contribution >= 4 is 17.5 Å². The Morgan fingerprint density at radius 1 is 1.12 bits per heavy atom. The molecule has 0 aliphatic carbocycles. The van der Waals surface area contributed by atoms with Gasteiger partial charge in [-0.05, 0) is 36.6 Å². The molecule has 2 aromatic rings. The summed E-state index contributed by atoms with van der Waals surface area (Å²) in [5.41, 5.74) is 1.70. The molecule has 0 aliphatic rings. The van der Waals surface area contributed by atoms with Crippen LogP contribution in [0.15, 0.2) is 48.5 Å². The van der Waals surface area contributed by atoms with Gasteiger partial charge >= 0.3 is 11.8 Å². The van der Waals surface area contributed by atoms with Crippen LogP contribution in [0, 0.1) is 12.7 Å². The number of aliphatic hydroxyl groups is 1.